The Bertz CT molecular complexity index is 1970. The molecule has 18 nitrogen and oxygen atoms in total. The van der Waals surface area contributed by atoms with Crippen molar-refractivity contribution >= 4 is 78.8 Å². The zero-order valence-electron chi connectivity index (χ0n) is 53.7. The van der Waals surface area contributed by atoms with Gasteiger partial charge in [0, 0.05) is 37.8 Å². The standard InChI is InChI=1S/C19H30O4Si.C18H24O3.C14H18O3.C4H7Br.2C2H6O2.CH2O3.CH6OSi.CH4.2K.H/c1-3-4-5-14-22-18-11-8-17(9-12-18)10-13-19(20)23-15-6-7-16-24-21-2;1-3-5-7-15-20-17-11-8-16(9-12-17)10-13-18(19)21-14-6-4-2;1-2-3-4-11-17-13-8-5-12(6-9-13)7-10-14(15)16;1-2-3-4-5;2*1-3-4-2;2-1-4-3;1-2-3;;;;/h8-13H,3-7,14-16,24H2,1-2H3;4,8-13H,2-3,5-7,14-15H2,1H3;5-10H,2-4,11H2,1H3,(H,15,16);2H,1,3-4H2;2*1-2H3;1,3H;1,3H3;1H4;;;/q;;;;;;;;;2*+1;-1/p-1. The van der Waals surface area contributed by atoms with E-state index >= 15 is 0 Å². The monoisotopic (exact) mass is 1350 g/mol. The van der Waals surface area contributed by atoms with Gasteiger partial charge in [-0.3, -0.25) is 4.79 Å². The first-order valence-electron chi connectivity index (χ1n) is 27.1. The minimum Gasteiger partial charge on any atom is -1.00 e. The van der Waals surface area contributed by atoms with Crippen molar-refractivity contribution in [3.8, 4) is 17.2 Å². The van der Waals surface area contributed by atoms with E-state index in [1.165, 1.54) is 79.1 Å². The first-order valence-corrected chi connectivity index (χ1v) is 30.7. The summed E-state index contributed by atoms with van der Waals surface area (Å²) in [7, 11) is 9.79. The van der Waals surface area contributed by atoms with Crippen molar-refractivity contribution in [2.45, 2.75) is 118 Å². The molecule has 1 N–H and O–H groups in total. The summed E-state index contributed by atoms with van der Waals surface area (Å²) >= 11 is 3.24. The molecule has 0 saturated heterocycles. The van der Waals surface area contributed by atoms with E-state index in [1.807, 2.05) is 78.9 Å². The third-order valence-electron chi connectivity index (χ3n) is 9.42. The van der Waals surface area contributed by atoms with Gasteiger partial charge < -0.3 is 49.2 Å². The van der Waals surface area contributed by atoms with Gasteiger partial charge in [-0.2, -0.15) is 0 Å². The minimum atomic E-state index is -0.940. The Kier molecular flexibility index (Phi) is 99.7. The number of hydrogen-bond acceptors (Lipinski definition) is 17. The number of hydrogen-bond donors (Lipinski definition) is 1. The summed E-state index contributed by atoms with van der Waals surface area (Å²) in [6, 6.07) is 23.9. The van der Waals surface area contributed by atoms with Gasteiger partial charge in [-0.1, -0.05) is 138 Å². The quantitative estimate of drug-likeness (QED) is 0.00829. The van der Waals surface area contributed by atoms with E-state index in [0.29, 0.717) is 19.6 Å². The van der Waals surface area contributed by atoms with Gasteiger partial charge in [0.2, 0.25) is 0 Å². The second-order valence-corrected chi connectivity index (χ2v) is 19.5. The predicted molar refractivity (Wildman–Crippen MR) is 344 cm³/mol. The third-order valence-corrected chi connectivity index (χ3v) is 11.1. The number of rotatable bonds is 35. The summed E-state index contributed by atoms with van der Waals surface area (Å²) in [6.45, 7) is 16.5. The summed E-state index contributed by atoms with van der Waals surface area (Å²) < 4.78 is 36.5. The van der Waals surface area contributed by atoms with Crippen LogP contribution < -0.4 is 122 Å². The maximum atomic E-state index is 11.6. The van der Waals surface area contributed by atoms with E-state index < -0.39 is 5.97 Å². The molecule has 0 bridgehead atoms. The first kappa shape index (κ1) is 98.8. The van der Waals surface area contributed by atoms with Crippen molar-refractivity contribution in [3.63, 3.8) is 0 Å². The SMILES string of the molecule is C.C=CCCBr.C=CCCOC(=O)C=Cc1ccc(OCCCCC)cc1.CCCCCOc1ccc(C=CC(=O)O)cc1.CCCCCOc1ccc(C=CC(=O)OCCCC[SiH2]OC)cc1.COOC.COOC.CO[SiH3].O=CO[O-].[H-].[K+].[K+]. The van der Waals surface area contributed by atoms with E-state index in [0.717, 1.165) is 120 Å². The maximum Gasteiger partial charge on any atom is 1.00 e. The normalized spacial score (nSPS) is 9.59. The van der Waals surface area contributed by atoms with Crippen LogP contribution in [0.1, 0.15) is 130 Å². The van der Waals surface area contributed by atoms with E-state index in [-0.39, 0.29) is 140 Å². The number of allylic oxidation sites excluding steroid dienone is 1. The number of aliphatic carboxylic acids is 1. The van der Waals surface area contributed by atoms with Gasteiger partial charge in [0.05, 0.1) is 61.5 Å². The summed E-state index contributed by atoms with van der Waals surface area (Å²) in [5.41, 5.74) is 2.75. The molecular formula is C62H103BrK2O18Si2. The van der Waals surface area contributed by atoms with Gasteiger partial charge in [0.1, 0.15) is 27.7 Å². The molecule has 85 heavy (non-hydrogen) atoms. The van der Waals surface area contributed by atoms with Gasteiger partial charge in [-0.15, -0.1) is 13.2 Å². The number of carbonyl (C=O) groups excluding carboxylic acids is 3. The molecule has 0 radical (unpaired) electrons. The van der Waals surface area contributed by atoms with Crippen molar-refractivity contribution in [1.82, 2.24) is 0 Å². The fourth-order valence-corrected chi connectivity index (χ4v) is 6.43. The fourth-order valence-electron chi connectivity index (χ4n) is 5.26. The smallest absolute Gasteiger partial charge is 1.00 e. The Morgan fingerprint density at radius 3 is 1.14 bits per heavy atom. The Hall–Kier alpha value is -2.45. The number of carbonyl (C=O) groups is 4. The van der Waals surface area contributed by atoms with Crippen molar-refractivity contribution in [2.75, 3.05) is 81.0 Å². The van der Waals surface area contributed by atoms with Gasteiger partial charge in [-0.25, -0.2) is 33.9 Å². The summed E-state index contributed by atoms with van der Waals surface area (Å²) in [5.74, 6) is 0.983. The third kappa shape index (κ3) is 83.6. The van der Waals surface area contributed by atoms with Crippen LogP contribution in [0, 0.1) is 0 Å². The molecule has 3 rings (SSSR count). The van der Waals surface area contributed by atoms with Crippen molar-refractivity contribution in [3.05, 3.63) is 133 Å². The number of carboxylic acid groups (broad SMARTS) is 1. The van der Waals surface area contributed by atoms with Crippen LogP contribution in [0.4, 0.5) is 0 Å². The van der Waals surface area contributed by atoms with E-state index in [9.17, 15) is 14.4 Å². The van der Waals surface area contributed by atoms with Crippen LogP contribution in [0.3, 0.4) is 0 Å². The van der Waals surface area contributed by atoms with Crippen molar-refractivity contribution in [2.24, 2.45) is 0 Å². The Balaban J connectivity index is -0.000000125. The van der Waals surface area contributed by atoms with Crippen LogP contribution in [-0.4, -0.2) is 131 Å². The van der Waals surface area contributed by atoms with E-state index in [2.05, 4.69) is 78.7 Å². The number of ether oxygens (including phenoxy) is 5. The zero-order chi connectivity index (χ0) is 62.4. The second-order valence-electron chi connectivity index (χ2n) is 16.2. The second kappa shape index (κ2) is 85.8. The van der Waals surface area contributed by atoms with Gasteiger partial charge in [-0.05, 0) is 116 Å². The number of halogens is 1. The van der Waals surface area contributed by atoms with Crippen molar-refractivity contribution < 1.29 is 191 Å². The molecular weight excluding hydrogens is 1250 g/mol. The maximum absolute atomic E-state index is 11.6. The molecule has 0 saturated carbocycles. The molecule has 3 aromatic carbocycles. The summed E-state index contributed by atoms with van der Waals surface area (Å²) in [6.07, 6.45) is 26.7. The Morgan fingerprint density at radius 1 is 0.565 bits per heavy atom. The molecule has 0 heterocycles. The molecule has 3 aromatic rings. The molecule has 0 unspecified atom stereocenters. The molecule has 476 valence electrons. The van der Waals surface area contributed by atoms with E-state index in [4.69, 9.17) is 43.3 Å². The van der Waals surface area contributed by atoms with Crippen molar-refractivity contribution in [1.29, 1.82) is 0 Å². The largest absolute Gasteiger partial charge is 1.00 e. The Morgan fingerprint density at radius 2 is 0.882 bits per heavy atom. The minimum absolute atomic E-state index is 0. The van der Waals surface area contributed by atoms with E-state index in [1.54, 1.807) is 38.5 Å². The molecule has 0 aliphatic heterocycles. The Labute approximate surface area is 611 Å². The predicted octanol–water partition coefficient (Wildman–Crippen LogP) is 5.93. The number of carboxylic acids is 1. The number of benzene rings is 3. The first-order chi connectivity index (χ1) is 39.8. The molecule has 0 aliphatic carbocycles. The zero-order valence-corrected chi connectivity index (χ0v) is 63.9. The molecule has 0 amide bonds. The number of esters is 2. The average Bonchev–Trinajstić information content (AvgIpc) is 3.55. The van der Waals surface area contributed by atoms with Gasteiger partial charge in [0.15, 0.2) is 9.76 Å². The van der Waals surface area contributed by atoms with Crippen LogP contribution in [0.5, 0.6) is 17.2 Å². The molecule has 0 aromatic heterocycles. The average molecular weight is 1350 g/mol. The van der Waals surface area contributed by atoms with Crippen LogP contribution in [0.2, 0.25) is 6.04 Å². The van der Waals surface area contributed by atoms with Gasteiger partial charge in [0.25, 0.3) is 6.47 Å². The van der Waals surface area contributed by atoms with Crippen LogP contribution in [-0.2, 0) is 61.9 Å². The fraction of sp³-hybridized carbons (Fsp3) is 0.484. The van der Waals surface area contributed by atoms with Crippen LogP contribution in [0.15, 0.2) is 116 Å². The molecule has 0 spiro atoms. The van der Waals surface area contributed by atoms with Crippen LogP contribution in [0.25, 0.3) is 18.2 Å². The molecule has 0 aliphatic rings. The van der Waals surface area contributed by atoms with Gasteiger partial charge >= 0.3 is 121 Å². The number of alkyl halides is 1. The molecule has 0 atom stereocenters. The topological polar surface area (TPSA) is 222 Å². The summed E-state index contributed by atoms with van der Waals surface area (Å²) in [4.78, 5) is 60.8. The number of unbranched alkanes of at least 4 members (excludes halogenated alkanes) is 7. The molecule has 23 heteroatoms. The van der Waals surface area contributed by atoms with Crippen LogP contribution >= 0.6 is 15.9 Å². The summed E-state index contributed by atoms with van der Waals surface area (Å²) in [5, 5.41) is 18.0. The molecule has 0 fully saturated rings.